The van der Waals surface area contributed by atoms with Gasteiger partial charge in [-0.25, -0.2) is 9.97 Å². The van der Waals surface area contributed by atoms with E-state index in [0.29, 0.717) is 38.8 Å². The lowest BCUT2D eigenvalue weighted by molar-refractivity contribution is 0.484. The van der Waals surface area contributed by atoms with Gasteiger partial charge in [0.15, 0.2) is 0 Å². The summed E-state index contributed by atoms with van der Waals surface area (Å²) in [6.45, 7) is 8.70. The Labute approximate surface area is 292 Å². The van der Waals surface area contributed by atoms with Gasteiger partial charge in [-0.2, -0.15) is 0 Å². The first-order valence-electron chi connectivity index (χ1n) is 16.0. The highest BCUT2D eigenvalue weighted by Crippen LogP contribution is 2.22. The van der Waals surface area contributed by atoms with E-state index >= 15 is 0 Å². The minimum atomic E-state index is -0.120. The molecule has 0 unspecified atom stereocenters. The minimum Gasteiger partial charge on any atom is -0.368 e. The molecule has 12 nitrogen and oxygen atoms in total. The molecule has 2 fully saturated rings. The Hall–Kier alpha value is -4.88. The highest BCUT2D eigenvalue weighted by atomic mass is 35.5. The number of nitrogens with one attached hydrogen (secondary N) is 2. The van der Waals surface area contributed by atoms with Crippen LogP contribution in [0.25, 0.3) is 33.8 Å². The molecule has 6 aromatic heterocycles. The van der Waals surface area contributed by atoms with E-state index in [9.17, 15) is 9.59 Å². The molecule has 0 spiro atoms. The summed E-state index contributed by atoms with van der Waals surface area (Å²) in [4.78, 5) is 46.9. The van der Waals surface area contributed by atoms with Crippen LogP contribution in [0.15, 0.2) is 95.3 Å². The van der Waals surface area contributed by atoms with Crippen LogP contribution >= 0.6 is 23.2 Å². The van der Waals surface area contributed by atoms with Crippen molar-refractivity contribution in [2.75, 3.05) is 55.6 Å². The molecule has 6 aromatic rings. The van der Waals surface area contributed by atoms with Crippen molar-refractivity contribution >= 4 is 45.9 Å². The number of hydrogen-bond acceptors (Lipinski definition) is 10. The number of hydrogen-bond donors (Lipinski definition) is 2. The zero-order valence-electron chi connectivity index (χ0n) is 26.8. The van der Waals surface area contributed by atoms with Crippen LogP contribution in [0, 0.1) is 0 Å². The molecule has 0 amide bonds. The van der Waals surface area contributed by atoms with Crippen LogP contribution in [-0.4, -0.2) is 80.6 Å². The molecule has 0 bridgehead atoms. The molecular formula is C35H34Cl2N10O2. The summed E-state index contributed by atoms with van der Waals surface area (Å²) in [5, 5.41) is 7.78. The van der Waals surface area contributed by atoms with Crippen molar-refractivity contribution < 1.29 is 0 Å². The molecule has 0 aliphatic carbocycles. The van der Waals surface area contributed by atoms with E-state index in [1.807, 2.05) is 36.7 Å². The van der Waals surface area contributed by atoms with Gasteiger partial charge in [-0.3, -0.25) is 28.4 Å². The van der Waals surface area contributed by atoms with Gasteiger partial charge in [-0.1, -0.05) is 23.2 Å². The maximum Gasteiger partial charge on any atom is 0.258 e. The Morgan fingerprint density at radius 1 is 0.673 bits per heavy atom. The number of halogens is 2. The first-order valence-corrected chi connectivity index (χ1v) is 16.8. The Morgan fingerprint density at radius 3 is 1.69 bits per heavy atom. The number of anilines is 2. The molecule has 49 heavy (non-hydrogen) atoms. The van der Waals surface area contributed by atoms with Gasteiger partial charge in [0.1, 0.15) is 11.3 Å². The lowest BCUT2D eigenvalue weighted by Crippen LogP contribution is -2.49. The minimum absolute atomic E-state index is 0.119. The normalized spacial score (nSPS) is 16.4. The van der Waals surface area contributed by atoms with Crippen LogP contribution in [-0.2, 0) is 0 Å². The molecule has 8 heterocycles. The Kier molecular flexibility index (Phi) is 9.54. The molecule has 2 aliphatic rings. The average molecular weight is 698 g/mol. The fourth-order valence-electron chi connectivity index (χ4n) is 6.05. The van der Waals surface area contributed by atoms with Gasteiger partial charge in [0.25, 0.3) is 11.1 Å². The van der Waals surface area contributed by atoms with Crippen LogP contribution < -0.4 is 31.6 Å². The molecule has 14 heteroatoms. The van der Waals surface area contributed by atoms with Gasteiger partial charge in [0, 0.05) is 112 Å². The summed E-state index contributed by atoms with van der Waals surface area (Å²) in [6, 6.07) is 14.7. The third kappa shape index (κ3) is 7.42. The van der Waals surface area contributed by atoms with Crippen LogP contribution in [0.3, 0.4) is 0 Å². The highest BCUT2D eigenvalue weighted by Gasteiger charge is 2.17. The largest absolute Gasteiger partial charge is 0.368 e. The second-order valence-corrected chi connectivity index (χ2v) is 12.9. The number of aromatic nitrogens is 6. The fraction of sp³-hybridized carbons (Fsp3) is 0.257. The number of pyridine rings is 4. The summed E-state index contributed by atoms with van der Waals surface area (Å²) >= 11 is 12.0. The molecule has 2 aliphatic heterocycles. The summed E-state index contributed by atoms with van der Waals surface area (Å²) in [6.07, 6.45) is 10.1. The Bertz CT molecular complexity index is 2250. The van der Waals surface area contributed by atoms with Crippen molar-refractivity contribution in [3.8, 4) is 22.5 Å². The van der Waals surface area contributed by atoms with Crippen molar-refractivity contribution in [2.24, 2.45) is 0 Å². The van der Waals surface area contributed by atoms with Crippen LogP contribution in [0.4, 0.5) is 11.4 Å². The third-order valence-electron chi connectivity index (χ3n) is 8.51. The summed E-state index contributed by atoms with van der Waals surface area (Å²) in [7, 11) is 0. The van der Waals surface area contributed by atoms with Crippen molar-refractivity contribution in [3.05, 3.63) is 116 Å². The SMILES string of the molecule is C[C@H]1CN(c2ccc3nc(-c4cncc(Cl)c4)cc(=O)n3c2)CCN1.O=c1cc(-c2cncc(Cl)c2)nc2ccc(N3CCNCC3)cn12. The summed E-state index contributed by atoms with van der Waals surface area (Å²) in [5.41, 5.74) is 5.64. The van der Waals surface area contributed by atoms with E-state index in [2.05, 4.69) is 47.3 Å². The van der Waals surface area contributed by atoms with Crippen molar-refractivity contribution in [1.29, 1.82) is 0 Å². The third-order valence-corrected chi connectivity index (χ3v) is 8.92. The smallest absolute Gasteiger partial charge is 0.258 e. The molecule has 2 saturated heterocycles. The lowest BCUT2D eigenvalue weighted by Gasteiger charge is -2.33. The molecule has 0 aromatic carbocycles. The van der Waals surface area contributed by atoms with E-state index in [-0.39, 0.29) is 11.1 Å². The van der Waals surface area contributed by atoms with Gasteiger partial charge in [0.05, 0.1) is 32.8 Å². The van der Waals surface area contributed by atoms with Crippen molar-refractivity contribution in [2.45, 2.75) is 13.0 Å². The van der Waals surface area contributed by atoms with E-state index in [1.165, 1.54) is 12.1 Å². The molecule has 1 atom stereocenters. The highest BCUT2D eigenvalue weighted by molar-refractivity contribution is 6.31. The van der Waals surface area contributed by atoms with Crippen LogP contribution in [0.2, 0.25) is 10.0 Å². The second-order valence-electron chi connectivity index (χ2n) is 12.0. The predicted molar refractivity (Wildman–Crippen MR) is 194 cm³/mol. The fourth-order valence-corrected chi connectivity index (χ4v) is 6.39. The van der Waals surface area contributed by atoms with E-state index in [1.54, 1.807) is 45.7 Å². The quantitative estimate of drug-likeness (QED) is 0.279. The second kappa shape index (κ2) is 14.3. The zero-order chi connectivity index (χ0) is 33.9. The maximum atomic E-state index is 12.6. The van der Waals surface area contributed by atoms with Gasteiger partial charge >= 0.3 is 0 Å². The molecule has 0 saturated carbocycles. The number of fused-ring (bicyclic) bond motifs is 2. The van der Waals surface area contributed by atoms with Crippen molar-refractivity contribution in [3.63, 3.8) is 0 Å². The van der Waals surface area contributed by atoms with E-state index in [0.717, 1.165) is 68.3 Å². The monoisotopic (exact) mass is 696 g/mol. The molecule has 2 N–H and O–H groups in total. The molecule has 250 valence electrons. The lowest BCUT2D eigenvalue weighted by atomic mass is 10.2. The maximum absolute atomic E-state index is 12.6. The molecular weight excluding hydrogens is 663 g/mol. The topological polar surface area (TPSA) is 125 Å². The Balaban J connectivity index is 0.000000154. The Morgan fingerprint density at radius 2 is 1.18 bits per heavy atom. The number of rotatable bonds is 4. The van der Waals surface area contributed by atoms with Gasteiger partial charge in [-0.15, -0.1) is 0 Å². The van der Waals surface area contributed by atoms with Crippen LogP contribution in [0.1, 0.15) is 6.92 Å². The molecule has 8 rings (SSSR count). The van der Waals surface area contributed by atoms with Crippen molar-refractivity contribution in [1.82, 2.24) is 39.4 Å². The standard InChI is InChI=1S/C18H18ClN5O.C17H16ClN5O/c1-12-10-23(5-4-21-12)15-2-3-17-22-16(7-18(25)24(17)11-15)13-6-14(19)9-20-8-13;18-13-7-12(9-20-10-13)15-8-17(24)23-11-14(1-2-16(23)21-15)22-5-3-19-4-6-22/h2-3,6-9,11-12,21H,4-5,10H2,1H3;1-2,7-11,19H,3-6H2/t12-;/m0./s1. The first kappa shape index (κ1) is 32.7. The summed E-state index contributed by atoms with van der Waals surface area (Å²) in [5.74, 6) is 0. The van der Waals surface area contributed by atoms with E-state index < -0.39 is 0 Å². The van der Waals surface area contributed by atoms with Gasteiger partial charge in [0.2, 0.25) is 0 Å². The van der Waals surface area contributed by atoms with Gasteiger partial charge in [-0.05, 0) is 43.3 Å². The number of nitrogens with zero attached hydrogens (tertiary/aromatic N) is 8. The molecule has 0 radical (unpaired) electrons. The van der Waals surface area contributed by atoms with E-state index in [4.69, 9.17) is 23.2 Å². The average Bonchev–Trinajstić information content (AvgIpc) is 3.12. The number of piperazine rings is 2. The first-order chi connectivity index (χ1) is 23.8. The predicted octanol–water partition coefficient (Wildman–Crippen LogP) is 4.03. The van der Waals surface area contributed by atoms with Gasteiger partial charge < -0.3 is 20.4 Å². The summed E-state index contributed by atoms with van der Waals surface area (Å²) < 4.78 is 3.17. The van der Waals surface area contributed by atoms with Crippen LogP contribution in [0.5, 0.6) is 0 Å². The zero-order valence-corrected chi connectivity index (χ0v) is 28.3.